The average molecular weight is 258 g/mol. The van der Waals surface area contributed by atoms with Crippen LogP contribution in [0.2, 0.25) is 0 Å². The van der Waals surface area contributed by atoms with E-state index in [1.165, 1.54) is 5.56 Å². The van der Waals surface area contributed by atoms with Gasteiger partial charge in [0.2, 0.25) is 0 Å². The zero-order chi connectivity index (χ0) is 13.2. The van der Waals surface area contributed by atoms with E-state index in [1.54, 1.807) is 6.20 Å². The minimum atomic E-state index is -0.567. The molecule has 0 amide bonds. The van der Waals surface area contributed by atoms with Crippen LogP contribution in [0, 0.1) is 0 Å². The van der Waals surface area contributed by atoms with Crippen molar-refractivity contribution in [2.24, 2.45) is 7.05 Å². The molecule has 1 aromatic heterocycles. The van der Waals surface area contributed by atoms with Gasteiger partial charge < -0.3 is 14.4 Å². The lowest BCUT2D eigenvalue weighted by molar-refractivity contribution is -0.0469. The van der Waals surface area contributed by atoms with E-state index in [1.807, 2.05) is 36.0 Å². The molecule has 3 rings (SSSR count). The number of hydrogen-bond donors (Lipinski definition) is 1. The van der Waals surface area contributed by atoms with E-state index in [9.17, 15) is 5.11 Å². The van der Waals surface area contributed by atoms with E-state index in [0.717, 1.165) is 17.8 Å². The molecule has 100 valence electrons. The van der Waals surface area contributed by atoms with Crippen LogP contribution in [-0.4, -0.2) is 27.4 Å². The molecule has 1 aromatic carbocycles. The third-order valence-corrected chi connectivity index (χ3v) is 3.69. The Labute approximate surface area is 112 Å². The van der Waals surface area contributed by atoms with Crippen LogP contribution in [0.25, 0.3) is 0 Å². The van der Waals surface area contributed by atoms with Crippen molar-refractivity contribution in [1.82, 2.24) is 9.55 Å². The largest absolute Gasteiger partial charge is 0.390 e. The standard InChI is InChI=1S/C15H18N2O2/c1-17-8-7-16-14(17)10-13(18)15-12-5-3-2-4-11(12)6-9-19-15/h2-5,7-8,13,15,18H,6,9-10H2,1H3. The lowest BCUT2D eigenvalue weighted by atomic mass is 9.93. The minimum Gasteiger partial charge on any atom is -0.390 e. The molecule has 0 aliphatic carbocycles. The van der Waals surface area contributed by atoms with Gasteiger partial charge in [0.15, 0.2) is 0 Å². The molecule has 0 radical (unpaired) electrons. The van der Waals surface area contributed by atoms with Gasteiger partial charge in [0.25, 0.3) is 0 Å². The predicted molar refractivity (Wildman–Crippen MR) is 71.8 cm³/mol. The molecule has 1 N–H and O–H groups in total. The van der Waals surface area contributed by atoms with E-state index in [4.69, 9.17) is 4.74 Å². The molecular formula is C15H18N2O2. The number of aryl methyl sites for hydroxylation is 1. The lowest BCUT2D eigenvalue weighted by Crippen LogP contribution is -2.29. The first-order valence-corrected chi connectivity index (χ1v) is 6.59. The van der Waals surface area contributed by atoms with Gasteiger partial charge in [-0.3, -0.25) is 0 Å². The summed E-state index contributed by atoms with van der Waals surface area (Å²) in [6.07, 6.45) is 4.24. The number of nitrogens with zero attached hydrogens (tertiary/aromatic N) is 2. The van der Waals surface area contributed by atoms with Crippen LogP contribution in [0.15, 0.2) is 36.7 Å². The van der Waals surface area contributed by atoms with Crippen LogP contribution in [0.4, 0.5) is 0 Å². The van der Waals surface area contributed by atoms with Gasteiger partial charge in [0.1, 0.15) is 11.9 Å². The summed E-state index contributed by atoms with van der Waals surface area (Å²) < 4.78 is 7.70. The van der Waals surface area contributed by atoms with E-state index in [2.05, 4.69) is 11.1 Å². The van der Waals surface area contributed by atoms with Crippen LogP contribution >= 0.6 is 0 Å². The van der Waals surface area contributed by atoms with Crippen molar-refractivity contribution in [1.29, 1.82) is 0 Å². The zero-order valence-corrected chi connectivity index (χ0v) is 11.0. The Bertz CT molecular complexity index is 565. The van der Waals surface area contributed by atoms with Gasteiger partial charge in [-0.25, -0.2) is 4.98 Å². The highest BCUT2D eigenvalue weighted by Crippen LogP contribution is 2.30. The third-order valence-electron chi connectivity index (χ3n) is 3.69. The van der Waals surface area contributed by atoms with E-state index in [0.29, 0.717) is 13.0 Å². The van der Waals surface area contributed by atoms with Gasteiger partial charge in [0.05, 0.1) is 12.7 Å². The summed E-state index contributed by atoms with van der Waals surface area (Å²) in [7, 11) is 1.94. The summed E-state index contributed by atoms with van der Waals surface area (Å²) in [4.78, 5) is 4.25. The second-order valence-electron chi connectivity index (χ2n) is 4.97. The molecule has 2 aromatic rings. The first-order chi connectivity index (χ1) is 9.25. The third kappa shape index (κ3) is 2.41. The minimum absolute atomic E-state index is 0.248. The summed E-state index contributed by atoms with van der Waals surface area (Å²) in [6.45, 7) is 0.666. The molecule has 0 fully saturated rings. The van der Waals surface area contributed by atoms with Gasteiger partial charge in [-0.1, -0.05) is 24.3 Å². The molecule has 2 heterocycles. The van der Waals surface area contributed by atoms with Crippen molar-refractivity contribution in [3.63, 3.8) is 0 Å². The Balaban J connectivity index is 1.81. The van der Waals surface area contributed by atoms with Crippen molar-refractivity contribution in [3.8, 4) is 0 Å². The molecule has 1 aliphatic rings. The zero-order valence-electron chi connectivity index (χ0n) is 11.0. The summed E-state index contributed by atoms with van der Waals surface area (Å²) in [6, 6.07) is 8.18. The maximum Gasteiger partial charge on any atom is 0.111 e. The number of aliphatic hydroxyl groups is 1. The van der Waals surface area contributed by atoms with Crippen LogP contribution in [0.1, 0.15) is 23.1 Å². The highest BCUT2D eigenvalue weighted by molar-refractivity contribution is 5.31. The second kappa shape index (κ2) is 5.15. The maximum atomic E-state index is 10.4. The van der Waals surface area contributed by atoms with Gasteiger partial charge in [-0.05, 0) is 17.5 Å². The average Bonchev–Trinajstić information content (AvgIpc) is 2.83. The van der Waals surface area contributed by atoms with Gasteiger partial charge in [-0.15, -0.1) is 0 Å². The molecule has 0 spiro atoms. The summed E-state index contributed by atoms with van der Waals surface area (Å²) in [5.74, 6) is 0.874. The molecule has 1 aliphatic heterocycles. The normalized spacial score (nSPS) is 20.0. The van der Waals surface area contributed by atoms with Crippen molar-refractivity contribution in [2.45, 2.75) is 25.0 Å². The molecule has 4 nitrogen and oxygen atoms in total. The van der Waals surface area contributed by atoms with Crippen molar-refractivity contribution < 1.29 is 9.84 Å². The number of hydrogen-bond acceptors (Lipinski definition) is 3. The van der Waals surface area contributed by atoms with Crippen LogP contribution in [0.5, 0.6) is 0 Å². The Hall–Kier alpha value is -1.65. The smallest absolute Gasteiger partial charge is 0.111 e. The van der Waals surface area contributed by atoms with Crippen LogP contribution in [-0.2, 0) is 24.6 Å². The van der Waals surface area contributed by atoms with E-state index < -0.39 is 6.10 Å². The summed E-state index contributed by atoms with van der Waals surface area (Å²) in [5, 5.41) is 10.4. The number of aromatic nitrogens is 2. The van der Waals surface area contributed by atoms with Crippen molar-refractivity contribution >= 4 is 0 Å². The summed E-state index contributed by atoms with van der Waals surface area (Å²) in [5.41, 5.74) is 2.38. The Morgan fingerprint density at radius 2 is 2.32 bits per heavy atom. The molecule has 4 heteroatoms. The molecule has 0 saturated carbocycles. The molecule has 0 bridgehead atoms. The SMILES string of the molecule is Cn1ccnc1CC(O)C1OCCc2ccccc21. The molecule has 2 atom stereocenters. The number of benzene rings is 1. The fourth-order valence-electron chi connectivity index (χ4n) is 2.63. The number of fused-ring (bicyclic) bond motifs is 1. The molecule has 0 saturated heterocycles. The Morgan fingerprint density at radius 3 is 3.11 bits per heavy atom. The fraction of sp³-hybridized carbons (Fsp3) is 0.400. The topological polar surface area (TPSA) is 47.3 Å². The number of ether oxygens (including phenoxy) is 1. The number of aliphatic hydroxyl groups excluding tert-OH is 1. The van der Waals surface area contributed by atoms with Gasteiger partial charge in [-0.2, -0.15) is 0 Å². The first kappa shape index (κ1) is 12.4. The van der Waals surface area contributed by atoms with Crippen LogP contribution < -0.4 is 0 Å². The van der Waals surface area contributed by atoms with Gasteiger partial charge in [0, 0.05) is 25.9 Å². The van der Waals surface area contributed by atoms with E-state index >= 15 is 0 Å². The van der Waals surface area contributed by atoms with Crippen molar-refractivity contribution in [3.05, 3.63) is 53.6 Å². The highest BCUT2D eigenvalue weighted by Gasteiger charge is 2.28. The number of imidazole rings is 1. The van der Waals surface area contributed by atoms with Crippen LogP contribution in [0.3, 0.4) is 0 Å². The van der Waals surface area contributed by atoms with E-state index in [-0.39, 0.29) is 6.10 Å². The van der Waals surface area contributed by atoms with Gasteiger partial charge >= 0.3 is 0 Å². The quantitative estimate of drug-likeness (QED) is 0.910. The first-order valence-electron chi connectivity index (χ1n) is 6.59. The fourth-order valence-corrected chi connectivity index (χ4v) is 2.63. The molecular weight excluding hydrogens is 240 g/mol. The Kier molecular flexibility index (Phi) is 3.36. The highest BCUT2D eigenvalue weighted by atomic mass is 16.5. The molecule has 19 heavy (non-hydrogen) atoms. The second-order valence-corrected chi connectivity index (χ2v) is 4.97. The Morgan fingerprint density at radius 1 is 1.47 bits per heavy atom. The lowest BCUT2D eigenvalue weighted by Gasteiger charge is -2.29. The monoisotopic (exact) mass is 258 g/mol. The number of rotatable bonds is 3. The van der Waals surface area contributed by atoms with Crippen molar-refractivity contribution in [2.75, 3.05) is 6.61 Å². The molecule has 2 unspecified atom stereocenters. The maximum absolute atomic E-state index is 10.4. The predicted octanol–water partition coefficient (Wildman–Crippen LogP) is 1.64. The summed E-state index contributed by atoms with van der Waals surface area (Å²) >= 11 is 0.